The lowest BCUT2D eigenvalue weighted by Crippen LogP contribution is -2.66. The second-order valence-electron chi connectivity index (χ2n) is 10.6. The van der Waals surface area contributed by atoms with E-state index in [1.54, 1.807) is 18.3 Å². The van der Waals surface area contributed by atoms with Gasteiger partial charge in [-0.25, -0.2) is 19.3 Å². The number of aliphatic hydroxyl groups is 1. The fraction of sp³-hybridized carbons (Fsp3) is 0.654. The number of likely N-dealkylation sites (tertiary alicyclic amines) is 2. The van der Waals surface area contributed by atoms with Crippen molar-refractivity contribution in [1.29, 1.82) is 0 Å². The van der Waals surface area contributed by atoms with Crippen LogP contribution in [-0.4, -0.2) is 118 Å². The second-order valence-corrected chi connectivity index (χ2v) is 10.6. The van der Waals surface area contributed by atoms with E-state index in [1.807, 2.05) is 11.0 Å². The van der Waals surface area contributed by atoms with Crippen molar-refractivity contribution in [2.45, 2.75) is 56.5 Å². The van der Waals surface area contributed by atoms with Crippen molar-refractivity contribution < 1.29 is 38.6 Å². The standard InChI is InChI=1S/C26H35N5O8/c32-21-17-25(36)18-22(33)39-31(14-8-20-7-1-2-9-27-20)24(35)30(16-15-28-10-3-4-11-28)26(37-21,38-23(25)34)19-29-12-5-6-13-29/h1-2,7,9,36H,3-6,8,10-19H2. The van der Waals surface area contributed by atoms with Crippen molar-refractivity contribution in [3.8, 4) is 0 Å². The maximum absolute atomic E-state index is 14.2. The highest BCUT2D eigenvalue weighted by Crippen LogP contribution is 2.35. The van der Waals surface area contributed by atoms with Crippen molar-refractivity contribution in [1.82, 2.24) is 24.7 Å². The van der Waals surface area contributed by atoms with Crippen LogP contribution in [0, 0.1) is 0 Å². The molecule has 0 aliphatic carbocycles. The summed E-state index contributed by atoms with van der Waals surface area (Å²) in [4.78, 5) is 68.4. The number of hydroxylamine groups is 2. The molecule has 13 nitrogen and oxygen atoms in total. The molecule has 212 valence electrons. The number of hydrogen-bond donors (Lipinski definition) is 1. The Kier molecular flexibility index (Phi) is 8.01. The van der Waals surface area contributed by atoms with E-state index in [0.29, 0.717) is 25.3 Å². The molecule has 4 saturated heterocycles. The molecular weight excluding hydrogens is 510 g/mol. The number of aromatic nitrogens is 1. The van der Waals surface area contributed by atoms with Crippen molar-refractivity contribution in [3.05, 3.63) is 30.1 Å². The van der Waals surface area contributed by atoms with E-state index in [1.165, 1.54) is 4.90 Å². The Labute approximate surface area is 226 Å². The average Bonchev–Trinajstić information content (AvgIpc) is 3.59. The highest BCUT2D eigenvalue weighted by Gasteiger charge is 2.59. The van der Waals surface area contributed by atoms with E-state index in [-0.39, 0.29) is 26.1 Å². The summed E-state index contributed by atoms with van der Waals surface area (Å²) in [6.45, 7) is 3.33. The molecule has 2 bridgehead atoms. The van der Waals surface area contributed by atoms with Crippen LogP contribution in [0.25, 0.3) is 0 Å². The summed E-state index contributed by atoms with van der Waals surface area (Å²) >= 11 is 0. The third-order valence-corrected chi connectivity index (χ3v) is 7.60. The topological polar surface area (TPSA) is 142 Å². The number of urea groups is 1. The third-order valence-electron chi connectivity index (χ3n) is 7.60. The molecule has 2 unspecified atom stereocenters. The first-order valence-electron chi connectivity index (χ1n) is 13.6. The van der Waals surface area contributed by atoms with Crippen LogP contribution in [-0.2, 0) is 35.1 Å². The number of fused-ring (bicyclic) bond motifs is 3. The lowest BCUT2D eigenvalue weighted by Gasteiger charge is -2.44. The number of nitrogens with zero attached hydrogens (tertiary/aromatic N) is 5. The molecule has 1 N–H and O–H groups in total. The SMILES string of the molecule is O=C1CC2(O)CC(=O)OC(CN3CCCC3)(OC2=O)N(CCN2CCCC2)C(=O)N(CCc2ccccn2)O1. The summed E-state index contributed by atoms with van der Waals surface area (Å²) in [5.74, 6) is -5.35. The number of rotatable bonds is 8. The highest BCUT2D eigenvalue weighted by atomic mass is 16.8. The van der Waals surface area contributed by atoms with E-state index in [4.69, 9.17) is 14.3 Å². The molecule has 0 spiro atoms. The van der Waals surface area contributed by atoms with Crippen molar-refractivity contribution in [2.24, 2.45) is 0 Å². The van der Waals surface area contributed by atoms with Gasteiger partial charge in [0.2, 0.25) is 0 Å². The highest BCUT2D eigenvalue weighted by molar-refractivity contribution is 5.92. The molecule has 13 heteroatoms. The Morgan fingerprint density at radius 1 is 0.846 bits per heavy atom. The predicted octanol–water partition coefficient (Wildman–Crippen LogP) is 0.277. The van der Waals surface area contributed by atoms with E-state index < -0.39 is 48.3 Å². The molecule has 4 aliphatic heterocycles. The Morgan fingerprint density at radius 3 is 2.23 bits per heavy atom. The van der Waals surface area contributed by atoms with Gasteiger partial charge in [0, 0.05) is 31.4 Å². The first kappa shape index (κ1) is 27.3. The van der Waals surface area contributed by atoms with E-state index >= 15 is 0 Å². The van der Waals surface area contributed by atoms with Crippen LogP contribution in [0.4, 0.5) is 4.79 Å². The minimum absolute atomic E-state index is 0.0311. The van der Waals surface area contributed by atoms with Gasteiger partial charge in [0.15, 0.2) is 5.60 Å². The van der Waals surface area contributed by atoms with Crippen LogP contribution < -0.4 is 0 Å². The minimum Gasteiger partial charge on any atom is -0.402 e. The first-order chi connectivity index (χ1) is 18.8. The lowest BCUT2D eigenvalue weighted by molar-refractivity contribution is -0.286. The van der Waals surface area contributed by atoms with Gasteiger partial charge in [0.25, 0.3) is 0 Å². The number of ether oxygens (including phenoxy) is 2. The van der Waals surface area contributed by atoms with E-state index in [9.17, 15) is 24.3 Å². The normalized spacial score (nSPS) is 28.8. The fourth-order valence-corrected chi connectivity index (χ4v) is 5.53. The van der Waals surface area contributed by atoms with Gasteiger partial charge in [-0.3, -0.25) is 14.7 Å². The van der Waals surface area contributed by atoms with Gasteiger partial charge >= 0.3 is 29.9 Å². The molecule has 39 heavy (non-hydrogen) atoms. The lowest BCUT2D eigenvalue weighted by atomic mass is 9.96. The van der Waals surface area contributed by atoms with Crippen LogP contribution in [0.15, 0.2) is 24.4 Å². The molecule has 0 aromatic carbocycles. The Hall–Kier alpha value is -3.29. The predicted molar refractivity (Wildman–Crippen MR) is 133 cm³/mol. The fourth-order valence-electron chi connectivity index (χ4n) is 5.53. The Morgan fingerprint density at radius 2 is 1.54 bits per heavy atom. The minimum atomic E-state index is -2.49. The van der Waals surface area contributed by atoms with Gasteiger partial charge in [0.1, 0.15) is 0 Å². The summed E-state index contributed by atoms with van der Waals surface area (Å²) in [5.41, 5.74) is -1.82. The summed E-state index contributed by atoms with van der Waals surface area (Å²) < 4.78 is 11.6. The molecule has 1 aromatic rings. The monoisotopic (exact) mass is 545 g/mol. The molecule has 2 atom stereocenters. The van der Waals surface area contributed by atoms with Crippen LogP contribution in [0.2, 0.25) is 0 Å². The second kappa shape index (κ2) is 11.4. The first-order valence-corrected chi connectivity index (χ1v) is 13.6. The van der Waals surface area contributed by atoms with Crippen LogP contribution in [0.5, 0.6) is 0 Å². The number of amides is 2. The number of carbonyl (C=O) groups excluding carboxylic acids is 4. The number of esters is 2. The molecular formula is C26H35N5O8. The third kappa shape index (κ3) is 6.15. The zero-order chi connectivity index (χ0) is 27.5. The smallest absolute Gasteiger partial charge is 0.359 e. The van der Waals surface area contributed by atoms with Gasteiger partial charge in [-0.05, 0) is 64.0 Å². The summed E-state index contributed by atoms with van der Waals surface area (Å²) in [6, 6.07) is 4.58. The molecule has 0 radical (unpaired) electrons. The average molecular weight is 546 g/mol. The molecule has 2 amide bonds. The Balaban J connectivity index is 1.53. The molecule has 5 rings (SSSR count). The molecule has 0 saturated carbocycles. The van der Waals surface area contributed by atoms with Gasteiger partial charge in [-0.15, -0.1) is 0 Å². The molecule has 4 fully saturated rings. The van der Waals surface area contributed by atoms with Crippen LogP contribution in [0.3, 0.4) is 0 Å². The van der Waals surface area contributed by atoms with Crippen LogP contribution >= 0.6 is 0 Å². The quantitative estimate of drug-likeness (QED) is 0.450. The number of carbonyl (C=O) groups is 4. The summed E-state index contributed by atoms with van der Waals surface area (Å²) in [5, 5.41) is 12.0. The number of pyridine rings is 1. The maximum Gasteiger partial charge on any atom is 0.359 e. The molecule has 4 aliphatic rings. The van der Waals surface area contributed by atoms with Crippen molar-refractivity contribution >= 4 is 23.9 Å². The van der Waals surface area contributed by atoms with E-state index in [2.05, 4.69) is 9.88 Å². The van der Waals surface area contributed by atoms with Gasteiger partial charge in [0.05, 0.1) is 25.9 Å². The molecule has 5 heterocycles. The Bertz CT molecular complexity index is 1080. The zero-order valence-corrected chi connectivity index (χ0v) is 22.0. The van der Waals surface area contributed by atoms with Crippen LogP contribution in [0.1, 0.15) is 44.2 Å². The largest absolute Gasteiger partial charge is 0.402 e. The van der Waals surface area contributed by atoms with Crippen molar-refractivity contribution in [3.63, 3.8) is 0 Å². The summed E-state index contributed by atoms with van der Waals surface area (Å²) in [7, 11) is 0. The van der Waals surface area contributed by atoms with Gasteiger partial charge in [-0.1, -0.05) is 6.07 Å². The van der Waals surface area contributed by atoms with Gasteiger partial charge in [-0.2, -0.15) is 5.06 Å². The zero-order valence-electron chi connectivity index (χ0n) is 22.0. The van der Waals surface area contributed by atoms with E-state index in [0.717, 1.165) is 43.8 Å². The molecule has 1 aromatic heterocycles. The van der Waals surface area contributed by atoms with Gasteiger partial charge < -0.3 is 24.3 Å². The van der Waals surface area contributed by atoms with Crippen molar-refractivity contribution in [2.75, 3.05) is 52.4 Å². The maximum atomic E-state index is 14.2. The summed E-state index contributed by atoms with van der Waals surface area (Å²) in [6.07, 6.45) is 4.07. The number of hydrogen-bond acceptors (Lipinski definition) is 11.